The number of rotatable bonds is 8. The van der Waals surface area contributed by atoms with Crippen LogP contribution in [-0.4, -0.2) is 61.5 Å². The molecule has 2 unspecified atom stereocenters. The molecule has 10 nitrogen and oxygen atoms in total. The average molecular weight is 595 g/mol. The molecule has 10 heteroatoms. The standard InChI is InChI=1S/C34H26O10/c1-3-29(35)41-25-11-9-19-13-23(7-5-21(19)15-25)33(37)43-27-17-39-32-28(18-40-31(27)32)44-34(38)24-8-6-22-16-26(42-30(36)4-2)12-10-20(22)14-24/h3-16,27-28,31-32H,1-2,17-18H2/t27-,28?,31?,32+/m0/s1. The molecule has 4 atom stereocenters. The smallest absolute Gasteiger partial charge is 0.338 e. The summed E-state index contributed by atoms with van der Waals surface area (Å²) in [4.78, 5) is 48.9. The molecule has 0 amide bonds. The molecule has 0 N–H and O–H groups in total. The summed E-state index contributed by atoms with van der Waals surface area (Å²) in [5, 5.41) is 3.06. The van der Waals surface area contributed by atoms with Crippen molar-refractivity contribution in [3.63, 3.8) is 0 Å². The van der Waals surface area contributed by atoms with E-state index in [2.05, 4.69) is 13.2 Å². The number of fused-ring (bicyclic) bond motifs is 3. The van der Waals surface area contributed by atoms with Crippen LogP contribution in [0.4, 0.5) is 0 Å². The highest BCUT2D eigenvalue weighted by molar-refractivity contribution is 5.97. The Labute approximate surface area is 251 Å². The second kappa shape index (κ2) is 12.1. The number of hydrogen-bond donors (Lipinski definition) is 0. The molecular formula is C34H26O10. The fourth-order valence-corrected chi connectivity index (χ4v) is 5.19. The van der Waals surface area contributed by atoms with Gasteiger partial charge in [0.05, 0.1) is 24.3 Å². The largest absolute Gasteiger partial charge is 0.453 e. The first kappa shape index (κ1) is 28.8. The Kier molecular flexibility index (Phi) is 7.93. The van der Waals surface area contributed by atoms with Gasteiger partial charge >= 0.3 is 23.9 Å². The summed E-state index contributed by atoms with van der Waals surface area (Å²) in [5.74, 6) is -1.50. The second-order valence-corrected chi connectivity index (χ2v) is 10.2. The number of carbonyl (C=O) groups is 4. The van der Waals surface area contributed by atoms with Crippen LogP contribution in [0.1, 0.15) is 20.7 Å². The maximum absolute atomic E-state index is 13.0. The molecule has 4 aromatic carbocycles. The van der Waals surface area contributed by atoms with E-state index >= 15 is 0 Å². The Hall–Kier alpha value is -5.32. The third-order valence-corrected chi connectivity index (χ3v) is 7.34. The van der Waals surface area contributed by atoms with Gasteiger partial charge in [-0.1, -0.05) is 37.4 Å². The lowest BCUT2D eigenvalue weighted by molar-refractivity contribution is -0.129. The monoisotopic (exact) mass is 594 g/mol. The van der Waals surface area contributed by atoms with Crippen LogP contribution >= 0.6 is 0 Å². The third kappa shape index (κ3) is 5.94. The fourth-order valence-electron chi connectivity index (χ4n) is 5.19. The van der Waals surface area contributed by atoms with E-state index in [0.717, 1.165) is 33.7 Å². The number of esters is 4. The van der Waals surface area contributed by atoms with Gasteiger partial charge in [-0.2, -0.15) is 0 Å². The predicted molar refractivity (Wildman–Crippen MR) is 157 cm³/mol. The highest BCUT2D eigenvalue weighted by atomic mass is 16.7. The van der Waals surface area contributed by atoms with Gasteiger partial charge in [0.2, 0.25) is 0 Å². The first-order chi connectivity index (χ1) is 21.3. The first-order valence-corrected chi connectivity index (χ1v) is 13.7. The van der Waals surface area contributed by atoms with Gasteiger partial charge in [-0.25, -0.2) is 19.2 Å². The van der Waals surface area contributed by atoms with Crippen molar-refractivity contribution < 1.29 is 47.6 Å². The molecule has 2 aliphatic heterocycles. The molecule has 2 saturated heterocycles. The Morgan fingerprint density at radius 1 is 0.591 bits per heavy atom. The topological polar surface area (TPSA) is 124 Å². The van der Waals surface area contributed by atoms with Crippen LogP contribution in [0, 0.1) is 0 Å². The van der Waals surface area contributed by atoms with Gasteiger partial charge in [0.25, 0.3) is 0 Å². The second-order valence-electron chi connectivity index (χ2n) is 10.2. The number of ether oxygens (including phenoxy) is 6. The maximum Gasteiger partial charge on any atom is 0.338 e. The Balaban J connectivity index is 1.07. The van der Waals surface area contributed by atoms with Gasteiger partial charge in [-0.05, 0) is 70.1 Å². The zero-order valence-electron chi connectivity index (χ0n) is 23.3. The van der Waals surface area contributed by atoms with Gasteiger partial charge in [-0.3, -0.25) is 0 Å². The molecule has 222 valence electrons. The van der Waals surface area contributed by atoms with Crippen molar-refractivity contribution in [3.8, 4) is 11.5 Å². The van der Waals surface area contributed by atoms with Gasteiger partial charge < -0.3 is 28.4 Å². The molecule has 44 heavy (non-hydrogen) atoms. The van der Waals surface area contributed by atoms with Crippen LogP contribution in [0.5, 0.6) is 11.5 Å². The Morgan fingerprint density at radius 2 is 0.977 bits per heavy atom. The van der Waals surface area contributed by atoms with Crippen molar-refractivity contribution in [1.82, 2.24) is 0 Å². The number of hydrogen-bond acceptors (Lipinski definition) is 10. The quantitative estimate of drug-likeness (QED) is 0.161. The van der Waals surface area contributed by atoms with E-state index in [1.165, 1.54) is 0 Å². The molecule has 2 heterocycles. The molecule has 2 aliphatic rings. The van der Waals surface area contributed by atoms with E-state index < -0.39 is 48.3 Å². The lowest BCUT2D eigenvalue weighted by Gasteiger charge is -2.17. The maximum atomic E-state index is 13.0. The zero-order valence-corrected chi connectivity index (χ0v) is 23.3. The third-order valence-electron chi connectivity index (χ3n) is 7.34. The Morgan fingerprint density at radius 3 is 1.39 bits per heavy atom. The molecule has 2 fully saturated rings. The minimum atomic E-state index is -0.683. The summed E-state index contributed by atoms with van der Waals surface area (Å²) in [6.07, 6.45) is -0.388. The molecule has 0 bridgehead atoms. The van der Waals surface area contributed by atoms with E-state index in [0.29, 0.717) is 22.6 Å². The van der Waals surface area contributed by atoms with Crippen LogP contribution < -0.4 is 9.47 Å². The molecule has 6 rings (SSSR count). The van der Waals surface area contributed by atoms with Crippen molar-refractivity contribution in [1.29, 1.82) is 0 Å². The van der Waals surface area contributed by atoms with Crippen LogP contribution in [-0.2, 0) is 28.5 Å². The van der Waals surface area contributed by atoms with Crippen LogP contribution in [0.3, 0.4) is 0 Å². The van der Waals surface area contributed by atoms with Crippen LogP contribution in [0.2, 0.25) is 0 Å². The van der Waals surface area contributed by atoms with Crippen molar-refractivity contribution in [2.24, 2.45) is 0 Å². The van der Waals surface area contributed by atoms with Crippen LogP contribution in [0.25, 0.3) is 21.5 Å². The van der Waals surface area contributed by atoms with Gasteiger partial charge in [-0.15, -0.1) is 0 Å². The summed E-state index contributed by atoms with van der Waals surface area (Å²) >= 11 is 0. The van der Waals surface area contributed by atoms with Crippen LogP contribution in [0.15, 0.2) is 98.1 Å². The first-order valence-electron chi connectivity index (χ1n) is 13.7. The molecule has 0 spiro atoms. The zero-order chi connectivity index (χ0) is 30.8. The predicted octanol–water partition coefficient (Wildman–Crippen LogP) is 4.72. The van der Waals surface area contributed by atoms with E-state index in [1.54, 1.807) is 72.8 Å². The summed E-state index contributed by atoms with van der Waals surface area (Å²) < 4.78 is 33.5. The normalized spacial score (nSPS) is 20.5. The van der Waals surface area contributed by atoms with E-state index in [4.69, 9.17) is 28.4 Å². The molecule has 0 saturated carbocycles. The molecular weight excluding hydrogens is 568 g/mol. The number of benzene rings is 4. The summed E-state index contributed by atoms with van der Waals surface area (Å²) in [6, 6.07) is 20.2. The molecule has 0 aromatic heterocycles. The lowest BCUT2D eigenvalue weighted by Crippen LogP contribution is -2.36. The molecule has 0 aliphatic carbocycles. The highest BCUT2D eigenvalue weighted by Gasteiger charge is 2.51. The average Bonchev–Trinajstić information content (AvgIpc) is 3.63. The minimum absolute atomic E-state index is 0.0927. The number of carbonyl (C=O) groups excluding carboxylic acids is 4. The van der Waals surface area contributed by atoms with E-state index in [9.17, 15) is 19.2 Å². The van der Waals surface area contributed by atoms with Crippen molar-refractivity contribution in [2.45, 2.75) is 24.4 Å². The lowest BCUT2D eigenvalue weighted by atomic mass is 10.1. The van der Waals surface area contributed by atoms with E-state index in [-0.39, 0.29) is 13.2 Å². The van der Waals surface area contributed by atoms with Gasteiger partial charge in [0.1, 0.15) is 23.7 Å². The van der Waals surface area contributed by atoms with E-state index in [1.807, 2.05) is 0 Å². The minimum Gasteiger partial charge on any atom is -0.453 e. The van der Waals surface area contributed by atoms with Gasteiger partial charge in [0.15, 0.2) is 12.2 Å². The van der Waals surface area contributed by atoms with Crippen molar-refractivity contribution in [3.05, 3.63) is 109 Å². The summed E-state index contributed by atoms with van der Waals surface area (Å²) in [6.45, 7) is 6.95. The molecule has 4 aromatic rings. The SMILES string of the molecule is C=CC(=O)Oc1ccc2cc(C(=O)OC3COC4[C@@H]3OC[C@@H]4OC(=O)c3ccc4cc(OC(=O)C=C)ccc4c3)ccc2c1. The fraction of sp³-hybridized carbons (Fsp3) is 0.176. The summed E-state index contributed by atoms with van der Waals surface area (Å²) in [5.41, 5.74) is 0.667. The van der Waals surface area contributed by atoms with Crippen molar-refractivity contribution >= 4 is 45.4 Å². The highest BCUT2D eigenvalue weighted by Crippen LogP contribution is 2.32. The molecule has 0 radical (unpaired) electrons. The summed E-state index contributed by atoms with van der Waals surface area (Å²) in [7, 11) is 0. The Bertz CT molecular complexity index is 1690. The van der Waals surface area contributed by atoms with Crippen molar-refractivity contribution in [2.75, 3.05) is 13.2 Å². The van der Waals surface area contributed by atoms with Gasteiger partial charge in [0, 0.05) is 12.2 Å².